The minimum absolute atomic E-state index is 0.239. The molecule has 0 fully saturated rings. The summed E-state index contributed by atoms with van der Waals surface area (Å²) in [6.07, 6.45) is 2.23. The summed E-state index contributed by atoms with van der Waals surface area (Å²) in [5.41, 5.74) is 5.61. The SMILES string of the molecule is Cc1ccc2nc(NC(=O)[C@@H](Cc3c[nH]c4ccccc34)NC(=O)C(c3ccccc3)c3ccccc3)sc2c1. The van der Waals surface area contributed by atoms with Gasteiger partial charge in [-0.3, -0.25) is 9.59 Å². The number of amides is 2. The third-order valence-corrected chi connectivity index (χ3v) is 7.97. The molecule has 0 saturated carbocycles. The second-order valence-electron chi connectivity index (χ2n) is 9.86. The first kappa shape index (κ1) is 25.5. The maximum absolute atomic E-state index is 14.0. The second-order valence-corrected chi connectivity index (χ2v) is 10.9. The molecule has 7 heteroatoms. The Labute approximate surface area is 236 Å². The number of nitrogens with one attached hydrogen (secondary N) is 3. The fourth-order valence-corrected chi connectivity index (χ4v) is 6.02. The smallest absolute Gasteiger partial charge is 0.249 e. The van der Waals surface area contributed by atoms with Crippen molar-refractivity contribution < 1.29 is 9.59 Å². The van der Waals surface area contributed by atoms with Crippen molar-refractivity contribution in [3.8, 4) is 0 Å². The number of benzene rings is 4. The fourth-order valence-electron chi connectivity index (χ4n) is 5.05. The largest absolute Gasteiger partial charge is 0.361 e. The molecule has 6 nitrogen and oxygen atoms in total. The van der Waals surface area contributed by atoms with Crippen molar-refractivity contribution in [2.24, 2.45) is 0 Å². The minimum atomic E-state index is -0.824. The normalized spacial score (nSPS) is 12.1. The summed E-state index contributed by atoms with van der Waals surface area (Å²) in [7, 11) is 0. The molecule has 0 spiro atoms. The molecule has 3 N–H and O–H groups in total. The highest BCUT2D eigenvalue weighted by Crippen LogP contribution is 2.28. The summed E-state index contributed by atoms with van der Waals surface area (Å²) in [5.74, 6) is -1.11. The fraction of sp³-hybridized carbons (Fsp3) is 0.121. The molecule has 0 bridgehead atoms. The van der Waals surface area contributed by atoms with Crippen LogP contribution in [-0.2, 0) is 16.0 Å². The molecule has 0 aliphatic carbocycles. The third-order valence-electron chi connectivity index (χ3n) is 7.03. The molecule has 2 heterocycles. The zero-order chi connectivity index (χ0) is 27.5. The Kier molecular flexibility index (Phi) is 7.12. The third kappa shape index (κ3) is 5.37. The standard InChI is InChI=1S/C33H28N4O2S/c1-21-16-17-27-29(18-21)40-33(36-27)37-31(38)28(19-24-20-34-26-15-9-8-14-25(24)26)35-32(39)30(22-10-4-2-5-11-22)23-12-6-3-7-13-23/h2-18,20,28,30,34H,19H2,1H3,(H,35,39)(H,36,37,38)/t28-/m1/s1. The van der Waals surface area contributed by atoms with E-state index < -0.39 is 12.0 Å². The van der Waals surface area contributed by atoms with Crippen molar-refractivity contribution in [3.05, 3.63) is 132 Å². The van der Waals surface area contributed by atoms with Crippen molar-refractivity contribution >= 4 is 49.4 Å². The van der Waals surface area contributed by atoms with Crippen LogP contribution in [0.3, 0.4) is 0 Å². The number of nitrogens with zero attached hydrogens (tertiary/aromatic N) is 1. The molecule has 6 rings (SSSR count). The van der Waals surface area contributed by atoms with Gasteiger partial charge in [-0.25, -0.2) is 4.98 Å². The highest BCUT2D eigenvalue weighted by Gasteiger charge is 2.29. The van der Waals surface area contributed by atoms with E-state index in [1.807, 2.05) is 110 Å². The van der Waals surface area contributed by atoms with Crippen LogP contribution in [0.15, 0.2) is 109 Å². The number of fused-ring (bicyclic) bond motifs is 2. The van der Waals surface area contributed by atoms with Crippen LogP contribution >= 0.6 is 11.3 Å². The number of thiazole rings is 1. The van der Waals surface area contributed by atoms with E-state index in [1.54, 1.807) is 0 Å². The molecule has 0 aliphatic heterocycles. The highest BCUT2D eigenvalue weighted by atomic mass is 32.1. The average molecular weight is 545 g/mol. The molecule has 0 unspecified atom stereocenters. The van der Waals surface area contributed by atoms with Gasteiger partial charge in [-0.05, 0) is 47.4 Å². The number of hydrogen-bond acceptors (Lipinski definition) is 4. The number of aryl methyl sites for hydroxylation is 1. The van der Waals surface area contributed by atoms with Gasteiger partial charge in [0.2, 0.25) is 11.8 Å². The number of carbonyl (C=O) groups excluding carboxylic acids is 2. The quantitative estimate of drug-likeness (QED) is 0.202. The Morgan fingerprint density at radius 3 is 2.25 bits per heavy atom. The van der Waals surface area contributed by atoms with Crippen LogP contribution in [0.1, 0.15) is 28.2 Å². The molecule has 1 atom stereocenters. The molecule has 0 saturated heterocycles. The molecule has 40 heavy (non-hydrogen) atoms. The molecular formula is C33H28N4O2S. The van der Waals surface area contributed by atoms with Crippen LogP contribution in [0.25, 0.3) is 21.1 Å². The predicted molar refractivity (Wildman–Crippen MR) is 162 cm³/mol. The Morgan fingerprint density at radius 2 is 1.52 bits per heavy atom. The molecular weight excluding hydrogens is 516 g/mol. The zero-order valence-corrected chi connectivity index (χ0v) is 22.7. The van der Waals surface area contributed by atoms with Gasteiger partial charge < -0.3 is 15.6 Å². The number of H-pyrrole nitrogens is 1. The minimum Gasteiger partial charge on any atom is -0.361 e. The molecule has 4 aromatic carbocycles. The van der Waals surface area contributed by atoms with Gasteiger partial charge in [0, 0.05) is 23.5 Å². The van der Waals surface area contributed by atoms with Crippen LogP contribution < -0.4 is 10.6 Å². The van der Waals surface area contributed by atoms with Crippen LogP contribution in [0.5, 0.6) is 0 Å². The summed E-state index contributed by atoms with van der Waals surface area (Å²) < 4.78 is 1.00. The van der Waals surface area contributed by atoms with Crippen LogP contribution in [0, 0.1) is 6.92 Å². The number of aromatic nitrogens is 2. The van der Waals surface area contributed by atoms with Gasteiger partial charge in [0.1, 0.15) is 6.04 Å². The summed E-state index contributed by atoms with van der Waals surface area (Å²) in [4.78, 5) is 35.6. The number of para-hydroxylation sites is 1. The van der Waals surface area contributed by atoms with Gasteiger partial charge in [-0.2, -0.15) is 0 Å². The summed E-state index contributed by atoms with van der Waals surface area (Å²) in [6.45, 7) is 2.03. The monoisotopic (exact) mass is 544 g/mol. The van der Waals surface area contributed by atoms with Crippen LogP contribution in [0.4, 0.5) is 5.13 Å². The number of rotatable bonds is 8. The first-order chi connectivity index (χ1) is 19.5. The van der Waals surface area contributed by atoms with Crippen LogP contribution in [-0.4, -0.2) is 27.8 Å². The second kappa shape index (κ2) is 11.2. The Bertz CT molecular complexity index is 1750. The molecule has 6 aromatic rings. The van der Waals surface area contributed by atoms with Crippen molar-refractivity contribution in [3.63, 3.8) is 0 Å². The first-order valence-corrected chi connectivity index (χ1v) is 14.0. The van der Waals surface area contributed by atoms with Crippen molar-refractivity contribution in [1.82, 2.24) is 15.3 Å². The molecule has 2 aromatic heterocycles. The molecule has 0 radical (unpaired) electrons. The summed E-state index contributed by atoms with van der Waals surface area (Å²) in [5, 5.41) is 7.60. The lowest BCUT2D eigenvalue weighted by molar-refractivity contribution is -0.126. The maximum Gasteiger partial charge on any atom is 0.249 e. The van der Waals surface area contributed by atoms with E-state index in [4.69, 9.17) is 0 Å². The summed E-state index contributed by atoms with van der Waals surface area (Å²) in [6, 6.07) is 32.4. The van der Waals surface area contributed by atoms with E-state index in [0.29, 0.717) is 11.6 Å². The van der Waals surface area contributed by atoms with Crippen molar-refractivity contribution in [2.75, 3.05) is 5.32 Å². The van der Waals surface area contributed by atoms with Gasteiger partial charge in [0.15, 0.2) is 5.13 Å². The number of hydrogen-bond donors (Lipinski definition) is 3. The van der Waals surface area contributed by atoms with Gasteiger partial charge in [0.25, 0.3) is 0 Å². The average Bonchev–Trinajstić information content (AvgIpc) is 3.57. The highest BCUT2D eigenvalue weighted by molar-refractivity contribution is 7.22. The van der Waals surface area contributed by atoms with Crippen molar-refractivity contribution in [2.45, 2.75) is 25.3 Å². The van der Waals surface area contributed by atoms with Crippen molar-refractivity contribution in [1.29, 1.82) is 0 Å². The molecule has 2 amide bonds. The van der Waals surface area contributed by atoms with Gasteiger partial charge in [0.05, 0.1) is 16.1 Å². The number of anilines is 1. The first-order valence-electron chi connectivity index (χ1n) is 13.2. The molecule has 0 aliphatic rings. The Morgan fingerprint density at radius 1 is 0.850 bits per heavy atom. The lowest BCUT2D eigenvalue weighted by Crippen LogP contribution is -2.47. The van der Waals surface area contributed by atoms with E-state index in [1.165, 1.54) is 11.3 Å². The number of carbonyl (C=O) groups is 2. The Hall–Kier alpha value is -4.75. The van der Waals surface area contributed by atoms with Crippen LogP contribution in [0.2, 0.25) is 0 Å². The van der Waals surface area contributed by atoms with E-state index in [-0.39, 0.29) is 11.8 Å². The lowest BCUT2D eigenvalue weighted by atomic mass is 9.90. The van der Waals surface area contributed by atoms with E-state index in [0.717, 1.165) is 43.4 Å². The zero-order valence-electron chi connectivity index (χ0n) is 21.9. The van der Waals surface area contributed by atoms with Gasteiger partial charge >= 0.3 is 0 Å². The van der Waals surface area contributed by atoms with E-state index >= 15 is 0 Å². The maximum atomic E-state index is 14.0. The summed E-state index contributed by atoms with van der Waals surface area (Å²) >= 11 is 1.42. The predicted octanol–water partition coefficient (Wildman–Crippen LogP) is 6.58. The van der Waals surface area contributed by atoms with Gasteiger partial charge in [-0.1, -0.05) is 96.3 Å². The van der Waals surface area contributed by atoms with E-state index in [9.17, 15) is 9.59 Å². The van der Waals surface area contributed by atoms with E-state index in [2.05, 4.69) is 26.7 Å². The number of aromatic amines is 1. The Balaban J connectivity index is 1.33. The topological polar surface area (TPSA) is 86.9 Å². The molecule has 198 valence electrons. The lowest BCUT2D eigenvalue weighted by Gasteiger charge is -2.23. The van der Waals surface area contributed by atoms with Gasteiger partial charge in [-0.15, -0.1) is 0 Å².